The van der Waals surface area contributed by atoms with Gasteiger partial charge in [0.1, 0.15) is 0 Å². The number of rotatable bonds is 6. The van der Waals surface area contributed by atoms with Crippen LogP contribution in [0.1, 0.15) is 31.2 Å². The van der Waals surface area contributed by atoms with E-state index in [1.54, 1.807) is 12.1 Å². The molecule has 0 radical (unpaired) electrons. The summed E-state index contributed by atoms with van der Waals surface area (Å²) in [5, 5.41) is 8.90. The molecule has 1 aliphatic carbocycles. The first kappa shape index (κ1) is 21.5. The monoisotopic (exact) mass is 388 g/mol. The number of carbonyl (C=O) groups excluding carboxylic acids is 2. The number of hydrogen-bond donors (Lipinski definition) is 4. The Bertz CT molecular complexity index is 554. The Balaban J connectivity index is 0.00000312. The molecule has 8 heteroatoms. The molecular weight excluding hydrogens is 363 g/mol. The zero-order valence-corrected chi connectivity index (χ0v) is 15.7. The van der Waals surface area contributed by atoms with Gasteiger partial charge in [-0.25, -0.2) is 4.79 Å². The van der Waals surface area contributed by atoms with E-state index in [0.29, 0.717) is 24.0 Å². The summed E-state index contributed by atoms with van der Waals surface area (Å²) in [5.74, 6) is 0.156. The zero-order valence-electron chi connectivity index (χ0n) is 14.1. The average Bonchev–Trinajstić information content (AvgIpc) is 2.60. The van der Waals surface area contributed by atoms with E-state index in [9.17, 15) is 9.59 Å². The van der Waals surface area contributed by atoms with E-state index in [2.05, 4.69) is 16.0 Å². The van der Waals surface area contributed by atoms with Gasteiger partial charge < -0.3 is 21.7 Å². The third-order valence-electron chi connectivity index (χ3n) is 4.33. The minimum atomic E-state index is -0.376. The van der Waals surface area contributed by atoms with E-state index in [4.69, 9.17) is 17.3 Å². The summed E-state index contributed by atoms with van der Waals surface area (Å²) in [6, 6.07) is 6.95. The van der Waals surface area contributed by atoms with E-state index < -0.39 is 0 Å². The van der Waals surface area contributed by atoms with Gasteiger partial charge in [0.2, 0.25) is 5.91 Å². The van der Waals surface area contributed by atoms with Crippen molar-refractivity contribution in [1.82, 2.24) is 16.0 Å². The van der Waals surface area contributed by atoms with Crippen LogP contribution in [0.4, 0.5) is 4.79 Å². The van der Waals surface area contributed by atoms with Gasteiger partial charge in [-0.2, -0.15) is 0 Å². The summed E-state index contributed by atoms with van der Waals surface area (Å²) < 4.78 is 0. The number of halogens is 2. The third kappa shape index (κ3) is 7.50. The molecule has 2 unspecified atom stereocenters. The Kier molecular flexibility index (Phi) is 9.63. The molecule has 3 amide bonds. The minimum Gasteiger partial charge on any atom is -0.352 e. The largest absolute Gasteiger partial charge is 0.352 e. The molecule has 0 aliphatic heterocycles. The zero-order chi connectivity index (χ0) is 17.4. The Hall–Kier alpha value is -1.50. The van der Waals surface area contributed by atoms with E-state index in [-0.39, 0.29) is 36.9 Å². The maximum atomic E-state index is 12.0. The number of benzene rings is 1. The number of nitrogens with one attached hydrogen (secondary N) is 3. The predicted molar refractivity (Wildman–Crippen MR) is 102 cm³/mol. The van der Waals surface area contributed by atoms with Crippen LogP contribution < -0.4 is 21.7 Å². The summed E-state index contributed by atoms with van der Waals surface area (Å²) in [7, 11) is 0. The number of nitrogens with two attached hydrogens (primary N) is 1. The van der Waals surface area contributed by atoms with Crippen LogP contribution >= 0.6 is 24.0 Å². The van der Waals surface area contributed by atoms with E-state index in [0.717, 1.165) is 24.8 Å². The highest BCUT2D eigenvalue weighted by molar-refractivity contribution is 6.30. The molecule has 2 atom stereocenters. The van der Waals surface area contributed by atoms with Crippen LogP contribution in [-0.2, 0) is 11.3 Å². The smallest absolute Gasteiger partial charge is 0.315 e. The van der Waals surface area contributed by atoms with Gasteiger partial charge in [-0.15, -0.1) is 12.4 Å². The lowest BCUT2D eigenvalue weighted by atomic mass is 9.84. The molecule has 1 aromatic rings. The van der Waals surface area contributed by atoms with Crippen molar-refractivity contribution in [2.45, 2.75) is 38.3 Å². The molecule has 0 saturated heterocycles. The molecule has 0 spiro atoms. The first-order valence-electron chi connectivity index (χ1n) is 8.34. The van der Waals surface area contributed by atoms with Crippen LogP contribution in [0.15, 0.2) is 24.3 Å². The fraction of sp³-hybridized carbons (Fsp3) is 0.529. The van der Waals surface area contributed by atoms with Gasteiger partial charge in [0.25, 0.3) is 0 Å². The topological polar surface area (TPSA) is 96.2 Å². The van der Waals surface area contributed by atoms with Gasteiger partial charge in [0.15, 0.2) is 0 Å². The summed E-state index contributed by atoms with van der Waals surface area (Å²) in [5.41, 5.74) is 6.69. The second-order valence-electron chi connectivity index (χ2n) is 6.12. The third-order valence-corrected chi connectivity index (χ3v) is 4.59. The van der Waals surface area contributed by atoms with Crippen LogP contribution in [0.25, 0.3) is 0 Å². The number of urea groups is 1. The van der Waals surface area contributed by atoms with Gasteiger partial charge in [0.05, 0.1) is 6.54 Å². The fourth-order valence-electron chi connectivity index (χ4n) is 2.95. The maximum Gasteiger partial charge on any atom is 0.315 e. The lowest BCUT2D eigenvalue weighted by Crippen LogP contribution is -2.49. The molecule has 1 aliphatic rings. The Morgan fingerprint density at radius 1 is 1.12 bits per heavy atom. The lowest BCUT2D eigenvalue weighted by molar-refractivity contribution is -0.121. The summed E-state index contributed by atoms with van der Waals surface area (Å²) in [6.45, 7) is 0.919. The van der Waals surface area contributed by atoms with E-state index >= 15 is 0 Å². The van der Waals surface area contributed by atoms with Crippen LogP contribution in [0.2, 0.25) is 5.02 Å². The van der Waals surface area contributed by atoms with E-state index in [1.807, 2.05) is 12.1 Å². The van der Waals surface area contributed by atoms with Crippen LogP contribution in [0, 0.1) is 5.92 Å². The van der Waals surface area contributed by atoms with Gasteiger partial charge in [0, 0.05) is 17.6 Å². The number of hydrogen-bond acceptors (Lipinski definition) is 3. The predicted octanol–water partition coefficient (Wildman–Crippen LogP) is 2.19. The molecule has 0 heterocycles. The van der Waals surface area contributed by atoms with Crippen molar-refractivity contribution in [3.8, 4) is 0 Å². The first-order chi connectivity index (χ1) is 11.6. The highest BCUT2D eigenvalue weighted by Crippen LogP contribution is 2.23. The summed E-state index contributed by atoms with van der Waals surface area (Å²) >= 11 is 5.81. The standard InChI is InChI=1S/C17H25ClN4O2.ClH/c18-14-7-5-12(6-8-14)10-20-17(24)21-11-16(23)22-15-4-2-1-3-13(15)9-19;/h5-8,13,15H,1-4,9-11,19H2,(H,22,23)(H2,20,21,24);1H. The van der Waals surface area contributed by atoms with Gasteiger partial charge in [-0.1, -0.05) is 36.6 Å². The Morgan fingerprint density at radius 3 is 2.48 bits per heavy atom. The summed E-state index contributed by atoms with van der Waals surface area (Å²) in [6.07, 6.45) is 4.28. The second-order valence-corrected chi connectivity index (χ2v) is 6.55. The molecule has 1 aromatic carbocycles. The van der Waals surface area contributed by atoms with Gasteiger partial charge in [-0.3, -0.25) is 4.79 Å². The fourth-order valence-corrected chi connectivity index (χ4v) is 3.07. The van der Waals surface area contributed by atoms with Gasteiger partial charge >= 0.3 is 6.03 Å². The number of carbonyl (C=O) groups is 2. The van der Waals surface area contributed by atoms with E-state index in [1.165, 1.54) is 6.42 Å². The van der Waals surface area contributed by atoms with Crippen molar-refractivity contribution in [1.29, 1.82) is 0 Å². The molecular formula is C17H26Cl2N4O2. The molecule has 0 aromatic heterocycles. The molecule has 1 saturated carbocycles. The molecule has 5 N–H and O–H groups in total. The maximum absolute atomic E-state index is 12.0. The van der Waals surface area contributed by atoms with Crippen molar-refractivity contribution in [2.24, 2.45) is 11.7 Å². The normalized spacial score (nSPS) is 19.4. The number of amides is 3. The van der Waals surface area contributed by atoms with Crippen molar-refractivity contribution in [3.63, 3.8) is 0 Å². The van der Waals surface area contributed by atoms with Crippen molar-refractivity contribution >= 4 is 35.9 Å². The van der Waals surface area contributed by atoms with Gasteiger partial charge in [-0.05, 0) is 43.0 Å². The molecule has 1 fully saturated rings. The molecule has 140 valence electrons. The van der Waals surface area contributed by atoms with Crippen molar-refractivity contribution < 1.29 is 9.59 Å². The van der Waals surface area contributed by atoms with Crippen molar-refractivity contribution in [3.05, 3.63) is 34.9 Å². The van der Waals surface area contributed by atoms with Crippen LogP contribution in [0.3, 0.4) is 0 Å². The highest BCUT2D eigenvalue weighted by Gasteiger charge is 2.25. The highest BCUT2D eigenvalue weighted by atomic mass is 35.5. The lowest BCUT2D eigenvalue weighted by Gasteiger charge is -2.31. The SMILES string of the molecule is Cl.NCC1CCCCC1NC(=O)CNC(=O)NCc1ccc(Cl)cc1. The molecule has 6 nitrogen and oxygen atoms in total. The Morgan fingerprint density at radius 2 is 1.80 bits per heavy atom. The van der Waals surface area contributed by atoms with Crippen LogP contribution in [0.5, 0.6) is 0 Å². The summed E-state index contributed by atoms with van der Waals surface area (Å²) in [4.78, 5) is 23.7. The molecule has 25 heavy (non-hydrogen) atoms. The quantitative estimate of drug-likeness (QED) is 0.601. The second kappa shape index (κ2) is 11.2. The average molecular weight is 389 g/mol. The molecule has 0 bridgehead atoms. The minimum absolute atomic E-state index is 0. The Labute approximate surface area is 159 Å². The molecule has 2 rings (SSSR count). The van der Waals surface area contributed by atoms with Crippen LogP contribution in [-0.4, -0.2) is 31.1 Å². The first-order valence-corrected chi connectivity index (χ1v) is 8.72. The van der Waals surface area contributed by atoms with Crippen molar-refractivity contribution in [2.75, 3.05) is 13.1 Å².